The van der Waals surface area contributed by atoms with E-state index in [1.54, 1.807) is 6.92 Å². The minimum atomic E-state index is -0.504. The number of rotatable bonds is 5. The highest BCUT2D eigenvalue weighted by atomic mass is 16.5. The Kier molecular flexibility index (Phi) is 4.43. The van der Waals surface area contributed by atoms with E-state index in [0.717, 1.165) is 30.4 Å². The smallest absolute Gasteiger partial charge is 0.260 e. The molecule has 4 nitrogen and oxygen atoms in total. The number of hydrogen-bond donors (Lipinski definition) is 2. The van der Waals surface area contributed by atoms with E-state index in [0.29, 0.717) is 12.3 Å². The van der Waals surface area contributed by atoms with Crippen molar-refractivity contribution in [1.29, 1.82) is 0 Å². The molecular formula is C15H21NO3. The van der Waals surface area contributed by atoms with E-state index < -0.39 is 6.10 Å². The predicted octanol–water partition coefficient (Wildman–Crippen LogP) is 1.96. The molecule has 1 unspecified atom stereocenters. The first-order chi connectivity index (χ1) is 9.11. The Labute approximate surface area is 113 Å². The maximum Gasteiger partial charge on any atom is 0.260 e. The number of benzene rings is 1. The Morgan fingerprint density at radius 1 is 1.58 bits per heavy atom. The SMILES string of the molecule is CCCNC(=O)C(C)Oc1ccc2c(c1)CC[C@H]2O. The monoisotopic (exact) mass is 263 g/mol. The summed E-state index contributed by atoms with van der Waals surface area (Å²) in [5.41, 5.74) is 2.10. The third kappa shape index (κ3) is 3.26. The molecule has 2 atom stereocenters. The summed E-state index contributed by atoms with van der Waals surface area (Å²) in [7, 11) is 0. The largest absolute Gasteiger partial charge is 0.481 e. The van der Waals surface area contributed by atoms with Gasteiger partial charge in [-0.05, 0) is 49.4 Å². The highest BCUT2D eigenvalue weighted by molar-refractivity contribution is 5.80. The lowest BCUT2D eigenvalue weighted by molar-refractivity contribution is -0.127. The van der Waals surface area contributed by atoms with Crippen molar-refractivity contribution in [1.82, 2.24) is 5.32 Å². The summed E-state index contributed by atoms with van der Waals surface area (Å²) in [6.07, 6.45) is 1.69. The second kappa shape index (κ2) is 6.06. The van der Waals surface area contributed by atoms with Crippen LogP contribution in [0, 0.1) is 0 Å². The van der Waals surface area contributed by atoms with Crippen molar-refractivity contribution in [2.24, 2.45) is 0 Å². The molecule has 1 aromatic rings. The fraction of sp³-hybridized carbons (Fsp3) is 0.533. The number of aliphatic hydroxyl groups excluding tert-OH is 1. The number of fused-ring (bicyclic) bond motifs is 1. The van der Waals surface area contributed by atoms with Gasteiger partial charge in [0, 0.05) is 6.54 Å². The third-order valence-corrected chi connectivity index (χ3v) is 3.39. The molecule has 0 spiro atoms. The molecule has 1 aromatic carbocycles. The molecule has 0 bridgehead atoms. The van der Waals surface area contributed by atoms with Crippen molar-refractivity contribution in [2.75, 3.05) is 6.54 Å². The van der Waals surface area contributed by atoms with Crippen molar-refractivity contribution in [2.45, 2.75) is 45.3 Å². The standard InChI is InChI=1S/C15H21NO3/c1-3-8-16-15(18)10(2)19-12-5-6-13-11(9-12)4-7-14(13)17/h5-6,9-10,14,17H,3-4,7-8H2,1-2H3,(H,16,18)/t10?,14-/m1/s1. The normalized spacial score (nSPS) is 18.8. The quantitative estimate of drug-likeness (QED) is 0.853. The molecule has 0 aliphatic heterocycles. The number of nitrogens with one attached hydrogen (secondary N) is 1. The maximum absolute atomic E-state index is 11.7. The van der Waals surface area contributed by atoms with Crippen LogP contribution in [0.1, 0.15) is 43.9 Å². The average molecular weight is 263 g/mol. The molecule has 1 aliphatic carbocycles. The molecule has 104 valence electrons. The van der Waals surface area contributed by atoms with Crippen LogP contribution in [-0.4, -0.2) is 23.7 Å². The van der Waals surface area contributed by atoms with Crippen LogP contribution < -0.4 is 10.1 Å². The summed E-state index contributed by atoms with van der Waals surface area (Å²) < 4.78 is 5.64. The molecule has 0 heterocycles. The van der Waals surface area contributed by atoms with Gasteiger partial charge in [0.25, 0.3) is 5.91 Å². The van der Waals surface area contributed by atoms with Crippen LogP contribution in [0.4, 0.5) is 0 Å². The molecule has 19 heavy (non-hydrogen) atoms. The fourth-order valence-electron chi connectivity index (χ4n) is 2.29. The Bertz CT molecular complexity index is 459. The number of carbonyl (C=O) groups excluding carboxylic acids is 1. The van der Waals surface area contributed by atoms with Crippen LogP contribution in [0.25, 0.3) is 0 Å². The van der Waals surface area contributed by atoms with Crippen LogP contribution in [0.2, 0.25) is 0 Å². The van der Waals surface area contributed by atoms with Gasteiger partial charge < -0.3 is 15.2 Å². The molecular weight excluding hydrogens is 242 g/mol. The summed E-state index contributed by atoms with van der Waals surface area (Å²) in [4.78, 5) is 11.7. The van der Waals surface area contributed by atoms with Gasteiger partial charge in [0.05, 0.1) is 6.10 Å². The van der Waals surface area contributed by atoms with Crippen molar-refractivity contribution in [3.63, 3.8) is 0 Å². The first-order valence-electron chi connectivity index (χ1n) is 6.87. The van der Waals surface area contributed by atoms with E-state index in [9.17, 15) is 9.90 Å². The average Bonchev–Trinajstić information content (AvgIpc) is 2.77. The van der Waals surface area contributed by atoms with Gasteiger partial charge in [-0.3, -0.25) is 4.79 Å². The van der Waals surface area contributed by atoms with Crippen molar-refractivity contribution in [3.05, 3.63) is 29.3 Å². The molecule has 1 aliphatic rings. The van der Waals surface area contributed by atoms with Gasteiger partial charge in [0.15, 0.2) is 6.10 Å². The topological polar surface area (TPSA) is 58.6 Å². The molecule has 4 heteroatoms. The zero-order valence-corrected chi connectivity index (χ0v) is 11.5. The number of hydrogen-bond acceptors (Lipinski definition) is 3. The van der Waals surface area contributed by atoms with Gasteiger partial charge in [0.1, 0.15) is 5.75 Å². The van der Waals surface area contributed by atoms with Crippen LogP contribution >= 0.6 is 0 Å². The lowest BCUT2D eigenvalue weighted by Gasteiger charge is -2.15. The summed E-state index contributed by atoms with van der Waals surface area (Å²) in [5, 5.41) is 12.5. The van der Waals surface area contributed by atoms with Gasteiger partial charge >= 0.3 is 0 Å². The Morgan fingerprint density at radius 2 is 2.37 bits per heavy atom. The van der Waals surface area contributed by atoms with Crippen molar-refractivity contribution in [3.8, 4) is 5.75 Å². The van der Waals surface area contributed by atoms with Gasteiger partial charge in [-0.15, -0.1) is 0 Å². The molecule has 2 rings (SSSR count). The van der Waals surface area contributed by atoms with Crippen molar-refractivity contribution >= 4 is 5.91 Å². The molecule has 0 saturated carbocycles. The predicted molar refractivity (Wildman–Crippen MR) is 73.1 cm³/mol. The fourth-order valence-corrected chi connectivity index (χ4v) is 2.29. The van der Waals surface area contributed by atoms with E-state index in [4.69, 9.17) is 4.74 Å². The highest BCUT2D eigenvalue weighted by Crippen LogP contribution is 2.33. The highest BCUT2D eigenvalue weighted by Gasteiger charge is 2.21. The minimum Gasteiger partial charge on any atom is -0.481 e. The molecule has 0 saturated heterocycles. The van der Waals surface area contributed by atoms with Crippen LogP contribution in [-0.2, 0) is 11.2 Å². The number of aryl methyl sites for hydroxylation is 1. The molecule has 0 fully saturated rings. The van der Waals surface area contributed by atoms with E-state index in [1.807, 2.05) is 25.1 Å². The van der Waals surface area contributed by atoms with E-state index >= 15 is 0 Å². The minimum absolute atomic E-state index is 0.0950. The van der Waals surface area contributed by atoms with Gasteiger partial charge in [0.2, 0.25) is 0 Å². The van der Waals surface area contributed by atoms with Crippen LogP contribution in [0.3, 0.4) is 0 Å². The number of ether oxygens (including phenoxy) is 1. The molecule has 0 radical (unpaired) electrons. The number of amides is 1. The van der Waals surface area contributed by atoms with Crippen molar-refractivity contribution < 1.29 is 14.6 Å². The summed E-state index contributed by atoms with van der Waals surface area (Å²) in [5.74, 6) is 0.592. The van der Waals surface area contributed by atoms with Gasteiger partial charge in [-0.2, -0.15) is 0 Å². The zero-order chi connectivity index (χ0) is 13.8. The number of carbonyl (C=O) groups is 1. The first-order valence-corrected chi connectivity index (χ1v) is 6.87. The molecule has 0 aromatic heterocycles. The Hall–Kier alpha value is -1.55. The summed E-state index contributed by atoms with van der Waals surface area (Å²) in [6.45, 7) is 4.42. The van der Waals surface area contributed by atoms with E-state index in [2.05, 4.69) is 5.32 Å². The van der Waals surface area contributed by atoms with Crippen LogP contribution in [0.15, 0.2) is 18.2 Å². The second-order valence-electron chi connectivity index (χ2n) is 4.97. The Balaban J connectivity index is 1.98. The second-order valence-corrected chi connectivity index (χ2v) is 4.97. The van der Waals surface area contributed by atoms with Gasteiger partial charge in [-0.25, -0.2) is 0 Å². The first kappa shape index (κ1) is 13.9. The van der Waals surface area contributed by atoms with E-state index in [-0.39, 0.29) is 12.0 Å². The van der Waals surface area contributed by atoms with E-state index in [1.165, 1.54) is 0 Å². The molecule has 1 amide bonds. The Morgan fingerprint density at radius 3 is 3.11 bits per heavy atom. The zero-order valence-electron chi connectivity index (χ0n) is 11.5. The lowest BCUT2D eigenvalue weighted by atomic mass is 10.1. The molecule has 2 N–H and O–H groups in total. The summed E-state index contributed by atoms with van der Waals surface area (Å²) >= 11 is 0. The lowest BCUT2D eigenvalue weighted by Crippen LogP contribution is -2.36. The summed E-state index contributed by atoms with van der Waals surface area (Å²) in [6, 6.07) is 5.63. The maximum atomic E-state index is 11.7. The van der Waals surface area contributed by atoms with Crippen LogP contribution in [0.5, 0.6) is 5.75 Å². The number of aliphatic hydroxyl groups is 1. The van der Waals surface area contributed by atoms with Gasteiger partial charge in [-0.1, -0.05) is 13.0 Å². The third-order valence-electron chi connectivity index (χ3n) is 3.39.